The number of carbonyl (C=O) groups excluding carboxylic acids is 1. The largest absolute Gasteiger partial charge is 0.480 e. The molecule has 0 saturated carbocycles. The minimum atomic E-state index is -0.970. The van der Waals surface area contributed by atoms with Crippen LogP contribution in [0.15, 0.2) is 30.3 Å². The molecule has 2 heterocycles. The van der Waals surface area contributed by atoms with Crippen molar-refractivity contribution in [2.45, 2.75) is 63.8 Å². The molecule has 1 aromatic carbocycles. The fraction of sp³-hybridized carbons (Fsp3) is 0.619. The first-order valence-corrected chi connectivity index (χ1v) is 10.0. The Morgan fingerprint density at radius 3 is 2.52 bits per heavy atom. The van der Waals surface area contributed by atoms with Gasteiger partial charge in [-0.25, -0.2) is 4.79 Å². The zero-order chi connectivity index (χ0) is 19.3. The van der Waals surface area contributed by atoms with E-state index in [4.69, 9.17) is 4.74 Å². The Labute approximate surface area is 161 Å². The third-order valence-electron chi connectivity index (χ3n) is 5.69. The van der Waals surface area contributed by atoms with Gasteiger partial charge < -0.3 is 9.84 Å². The SMILES string of the molecule is CCCCCC(=O)N1[C@@H](C(=O)O)COC12CCN(Cc1ccccc1)CC2. The summed E-state index contributed by atoms with van der Waals surface area (Å²) in [6.07, 6.45) is 4.53. The van der Waals surface area contributed by atoms with Crippen molar-refractivity contribution in [2.24, 2.45) is 0 Å². The molecule has 1 amide bonds. The van der Waals surface area contributed by atoms with E-state index in [1.807, 2.05) is 18.2 Å². The molecule has 1 spiro atoms. The quantitative estimate of drug-likeness (QED) is 0.743. The third kappa shape index (κ3) is 4.50. The highest BCUT2D eigenvalue weighted by atomic mass is 16.5. The normalized spacial score (nSPS) is 22.3. The summed E-state index contributed by atoms with van der Waals surface area (Å²) in [5.41, 5.74) is 0.510. The number of hydrogen-bond acceptors (Lipinski definition) is 4. The van der Waals surface area contributed by atoms with Crippen LogP contribution in [0.2, 0.25) is 0 Å². The fourth-order valence-corrected chi connectivity index (χ4v) is 4.18. The first-order valence-electron chi connectivity index (χ1n) is 10.0. The summed E-state index contributed by atoms with van der Waals surface area (Å²) in [6, 6.07) is 9.44. The summed E-state index contributed by atoms with van der Waals surface area (Å²) in [4.78, 5) is 28.4. The topological polar surface area (TPSA) is 70.1 Å². The molecular formula is C21H30N2O4. The molecular weight excluding hydrogens is 344 g/mol. The number of likely N-dealkylation sites (tertiary alicyclic amines) is 1. The minimum Gasteiger partial charge on any atom is -0.480 e. The third-order valence-corrected chi connectivity index (χ3v) is 5.69. The van der Waals surface area contributed by atoms with Crippen molar-refractivity contribution in [3.8, 4) is 0 Å². The van der Waals surface area contributed by atoms with Crippen LogP contribution in [0.5, 0.6) is 0 Å². The fourth-order valence-electron chi connectivity index (χ4n) is 4.18. The van der Waals surface area contributed by atoms with E-state index in [9.17, 15) is 14.7 Å². The van der Waals surface area contributed by atoms with Gasteiger partial charge in [-0.2, -0.15) is 0 Å². The molecule has 6 heteroatoms. The van der Waals surface area contributed by atoms with E-state index in [0.29, 0.717) is 19.3 Å². The van der Waals surface area contributed by atoms with Crippen molar-refractivity contribution >= 4 is 11.9 Å². The number of amides is 1. The number of piperidine rings is 1. The van der Waals surface area contributed by atoms with E-state index in [1.165, 1.54) is 5.56 Å². The molecule has 0 aromatic heterocycles. The zero-order valence-corrected chi connectivity index (χ0v) is 16.1. The van der Waals surface area contributed by atoms with Gasteiger partial charge in [-0.3, -0.25) is 14.6 Å². The maximum atomic E-state index is 12.8. The number of ether oxygens (including phenoxy) is 1. The highest BCUT2D eigenvalue weighted by molar-refractivity contribution is 5.85. The Morgan fingerprint density at radius 2 is 1.89 bits per heavy atom. The van der Waals surface area contributed by atoms with Gasteiger partial charge >= 0.3 is 5.97 Å². The summed E-state index contributed by atoms with van der Waals surface area (Å²) in [7, 11) is 0. The molecule has 2 aliphatic rings. The first kappa shape index (κ1) is 19.8. The van der Waals surface area contributed by atoms with Gasteiger partial charge in [0.1, 0.15) is 5.72 Å². The number of carboxylic acids is 1. The number of nitrogens with zero attached hydrogens (tertiary/aromatic N) is 2. The average Bonchev–Trinajstić information content (AvgIpc) is 3.04. The maximum absolute atomic E-state index is 12.8. The van der Waals surface area contributed by atoms with Crippen LogP contribution in [0.25, 0.3) is 0 Å². The van der Waals surface area contributed by atoms with E-state index in [-0.39, 0.29) is 12.5 Å². The van der Waals surface area contributed by atoms with Crippen molar-refractivity contribution < 1.29 is 19.4 Å². The monoisotopic (exact) mass is 374 g/mol. The molecule has 1 atom stereocenters. The zero-order valence-electron chi connectivity index (χ0n) is 16.1. The lowest BCUT2D eigenvalue weighted by Gasteiger charge is -2.44. The van der Waals surface area contributed by atoms with Gasteiger partial charge in [0.2, 0.25) is 5.91 Å². The highest BCUT2D eigenvalue weighted by Crippen LogP contribution is 2.38. The first-order chi connectivity index (χ1) is 13.1. The van der Waals surface area contributed by atoms with E-state index in [2.05, 4.69) is 24.0 Å². The number of unbranched alkanes of at least 4 members (excludes halogenated alkanes) is 2. The van der Waals surface area contributed by atoms with Crippen LogP contribution in [-0.2, 0) is 20.9 Å². The second-order valence-corrected chi connectivity index (χ2v) is 7.59. The molecule has 6 nitrogen and oxygen atoms in total. The Balaban J connectivity index is 1.66. The molecule has 148 valence electrons. The molecule has 3 rings (SSSR count). The average molecular weight is 374 g/mol. The van der Waals surface area contributed by atoms with Crippen LogP contribution in [0.3, 0.4) is 0 Å². The number of rotatable bonds is 7. The molecule has 27 heavy (non-hydrogen) atoms. The maximum Gasteiger partial charge on any atom is 0.328 e. The lowest BCUT2D eigenvalue weighted by Crippen LogP contribution is -2.58. The summed E-state index contributed by atoms with van der Waals surface area (Å²) in [5, 5.41) is 9.58. The van der Waals surface area contributed by atoms with Gasteiger partial charge in [-0.1, -0.05) is 50.1 Å². The van der Waals surface area contributed by atoms with Gasteiger partial charge in [0.25, 0.3) is 0 Å². The Morgan fingerprint density at radius 1 is 1.19 bits per heavy atom. The Kier molecular flexibility index (Phi) is 6.50. The van der Waals surface area contributed by atoms with Gasteiger partial charge in [0.05, 0.1) is 6.61 Å². The summed E-state index contributed by atoms with van der Waals surface area (Å²) in [6.45, 7) is 4.63. The van der Waals surface area contributed by atoms with Crippen LogP contribution < -0.4 is 0 Å². The van der Waals surface area contributed by atoms with E-state index < -0.39 is 17.7 Å². The number of carbonyl (C=O) groups is 2. The molecule has 0 radical (unpaired) electrons. The molecule has 2 fully saturated rings. The van der Waals surface area contributed by atoms with Crippen LogP contribution in [-0.4, -0.2) is 58.2 Å². The summed E-state index contributed by atoms with van der Waals surface area (Å²) >= 11 is 0. The predicted octanol–water partition coefficient (Wildman–Crippen LogP) is 2.87. The van der Waals surface area contributed by atoms with Crippen molar-refractivity contribution in [3.63, 3.8) is 0 Å². The summed E-state index contributed by atoms with van der Waals surface area (Å²) < 4.78 is 5.99. The van der Waals surface area contributed by atoms with E-state index in [1.54, 1.807) is 4.90 Å². The van der Waals surface area contributed by atoms with Crippen LogP contribution in [0.4, 0.5) is 0 Å². The van der Waals surface area contributed by atoms with Crippen molar-refractivity contribution in [3.05, 3.63) is 35.9 Å². The van der Waals surface area contributed by atoms with Crippen molar-refractivity contribution in [1.82, 2.24) is 9.80 Å². The van der Waals surface area contributed by atoms with Crippen molar-refractivity contribution in [1.29, 1.82) is 0 Å². The molecule has 0 unspecified atom stereocenters. The predicted molar refractivity (Wildman–Crippen MR) is 102 cm³/mol. The molecule has 0 bridgehead atoms. The molecule has 1 aromatic rings. The van der Waals surface area contributed by atoms with Gasteiger partial charge in [-0.05, 0) is 12.0 Å². The summed E-state index contributed by atoms with van der Waals surface area (Å²) in [5.74, 6) is -1.05. The van der Waals surface area contributed by atoms with E-state index >= 15 is 0 Å². The second kappa shape index (κ2) is 8.85. The molecule has 0 aliphatic carbocycles. The lowest BCUT2D eigenvalue weighted by atomic mass is 9.96. The smallest absolute Gasteiger partial charge is 0.328 e. The van der Waals surface area contributed by atoms with Crippen LogP contribution >= 0.6 is 0 Å². The van der Waals surface area contributed by atoms with Crippen molar-refractivity contribution in [2.75, 3.05) is 19.7 Å². The molecule has 2 saturated heterocycles. The Bertz CT molecular complexity index is 641. The lowest BCUT2D eigenvalue weighted by molar-refractivity contribution is -0.166. The van der Waals surface area contributed by atoms with Crippen LogP contribution in [0.1, 0.15) is 51.0 Å². The number of aliphatic carboxylic acids is 1. The van der Waals surface area contributed by atoms with Gasteiger partial charge in [0.15, 0.2) is 6.04 Å². The molecule has 2 aliphatic heterocycles. The number of carboxylic acid groups (broad SMARTS) is 1. The van der Waals surface area contributed by atoms with Crippen LogP contribution in [0, 0.1) is 0 Å². The Hall–Kier alpha value is -1.92. The standard InChI is InChI=1S/C21H30N2O4/c1-2-3-5-10-19(24)23-18(20(25)26)16-27-21(23)11-13-22(14-12-21)15-17-8-6-4-7-9-17/h4,6-9,18H,2-3,5,10-16H2,1H3,(H,25,26)/t18-/m1/s1. The van der Waals surface area contributed by atoms with E-state index in [0.717, 1.165) is 38.9 Å². The number of hydrogen-bond donors (Lipinski definition) is 1. The van der Waals surface area contributed by atoms with Gasteiger partial charge in [-0.15, -0.1) is 0 Å². The number of benzene rings is 1. The highest BCUT2D eigenvalue weighted by Gasteiger charge is 2.53. The second-order valence-electron chi connectivity index (χ2n) is 7.59. The molecule has 1 N–H and O–H groups in total. The minimum absolute atomic E-state index is 0.0788. The van der Waals surface area contributed by atoms with Gasteiger partial charge in [0, 0.05) is 38.9 Å².